The molecule has 23 heavy (non-hydrogen) atoms. The van der Waals surface area contributed by atoms with Crippen LogP contribution in [0.5, 0.6) is 5.75 Å². The lowest BCUT2D eigenvalue weighted by Crippen LogP contribution is -2.32. The van der Waals surface area contributed by atoms with Crippen molar-refractivity contribution >= 4 is 21.8 Å². The summed E-state index contributed by atoms with van der Waals surface area (Å²) in [6.45, 7) is -0.152. The first kappa shape index (κ1) is 17.2. The maximum absolute atomic E-state index is 13.4. The van der Waals surface area contributed by atoms with Crippen LogP contribution in [0.3, 0.4) is 0 Å². The Hall–Kier alpha value is -2.16. The standard InChI is InChI=1S/C14H17FN2O5S/c1-22-12-4-3-10(15)7-9(12)8-17-13(18)11(16-14(17)19)5-6-23(2,20)21/h3-4,7,11H,5-6,8H2,1-2H3,(H,16,19). The van der Waals surface area contributed by atoms with E-state index in [1.54, 1.807) is 0 Å². The molecule has 0 aromatic heterocycles. The van der Waals surface area contributed by atoms with E-state index in [4.69, 9.17) is 4.74 Å². The number of halogens is 1. The van der Waals surface area contributed by atoms with Crippen LogP contribution in [0.15, 0.2) is 18.2 Å². The van der Waals surface area contributed by atoms with Gasteiger partial charge in [0.15, 0.2) is 0 Å². The fraction of sp³-hybridized carbons (Fsp3) is 0.429. The maximum atomic E-state index is 13.4. The topological polar surface area (TPSA) is 92.8 Å². The first-order valence-electron chi connectivity index (χ1n) is 6.83. The molecule has 0 aliphatic carbocycles. The van der Waals surface area contributed by atoms with Crippen LogP contribution in [0.2, 0.25) is 0 Å². The normalized spacial score (nSPS) is 18.2. The number of hydrogen-bond donors (Lipinski definition) is 1. The van der Waals surface area contributed by atoms with E-state index in [-0.39, 0.29) is 18.7 Å². The van der Waals surface area contributed by atoms with Gasteiger partial charge in [0.1, 0.15) is 27.4 Å². The number of carbonyl (C=O) groups is 2. The average Bonchev–Trinajstić information content (AvgIpc) is 2.72. The van der Waals surface area contributed by atoms with Crippen molar-refractivity contribution in [2.75, 3.05) is 19.1 Å². The molecule has 1 heterocycles. The van der Waals surface area contributed by atoms with Crippen molar-refractivity contribution in [2.45, 2.75) is 19.0 Å². The highest BCUT2D eigenvalue weighted by Gasteiger charge is 2.38. The lowest BCUT2D eigenvalue weighted by molar-refractivity contribution is -0.127. The predicted molar refractivity (Wildman–Crippen MR) is 80.1 cm³/mol. The number of urea groups is 1. The molecule has 1 fully saturated rings. The first-order chi connectivity index (χ1) is 10.7. The van der Waals surface area contributed by atoms with Crippen LogP contribution >= 0.6 is 0 Å². The van der Waals surface area contributed by atoms with E-state index >= 15 is 0 Å². The molecule has 9 heteroatoms. The number of nitrogens with zero attached hydrogens (tertiary/aromatic N) is 1. The molecule has 126 valence electrons. The van der Waals surface area contributed by atoms with Gasteiger partial charge in [0.25, 0.3) is 5.91 Å². The van der Waals surface area contributed by atoms with Crippen molar-refractivity contribution in [1.29, 1.82) is 0 Å². The molecular weight excluding hydrogens is 327 g/mol. The van der Waals surface area contributed by atoms with Crippen molar-refractivity contribution in [3.8, 4) is 5.75 Å². The van der Waals surface area contributed by atoms with Gasteiger partial charge in [-0.2, -0.15) is 0 Å². The van der Waals surface area contributed by atoms with Crippen LogP contribution in [0.25, 0.3) is 0 Å². The highest BCUT2D eigenvalue weighted by Crippen LogP contribution is 2.23. The van der Waals surface area contributed by atoms with Gasteiger partial charge in [-0.15, -0.1) is 0 Å². The fourth-order valence-electron chi connectivity index (χ4n) is 2.30. The van der Waals surface area contributed by atoms with Crippen molar-refractivity contribution in [1.82, 2.24) is 10.2 Å². The van der Waals surface area contributed by atoms with Gasteiger partial charge in [-0.3, -0.25) is 9.69 Å². The minimum atomic E-state index is -3.24. The van der Waals surface area contributed by atoms with Crippen molar-refractivity contribution in [2.24, 2.45) is 0 Å². The second kappa shape index (κ2) is 6.53. The number of hydrogen-bond acceptors (Lipinski definition) is 5. The fourth-order valence-corrected chi connectivity index (χ4v) is 2.96. The number of ether oxygens (including phenoxy) is 1. The first-order valence-corrected chi connectivity index (χ1v) is 8.89. The summed E-state index contributed by atoms with van der Waals surface area (Å²) in [6.07, 6.45) is 1.06. The Kier molecular flexibility index (Phi) is 4.88. The molecule has 0 bridgehead atoms. The van der Waals surface area contributed by atoms with Gasteiger partial charge >= 0.3 is 6.03 Å². The Morgan fingerprint density at radius 2 is 2.04 bits per heavy atom. The number of rotatable bonds is 6. The third kappa shape index (κ3) is 4.19. The Morgan fingerprint density at radius 3 is 2.65 bits per heavy atom. The predicted octanol–water partition coefficient (Wildman–Crippen LogP) is 0.689. The molecule has 1 aliphatic rings. The van der Waals surface area contributed by atoms with Gasteiger partial charge in [0, 0.05) is 11.8 Å². The average molecular weight is 344 g/mol. The van der Waals surface area contributed by atoms with E-state index in [0.29, 0.717) is 11.3 Å². The number of carbonyl (C=O) groups excluding carboxylic acids is 2. The zero-order valence-corrected chi connectivity index (χ0v) is 13.5. The summed E-state index contributed by atoms with van der Waals surface area (Å²) in [4.78, 5) is 25.1. The summed E-state index contributed by atoms with van der Waals surface area (Å²) >= 11 is 0. The van der Waals surface area contributed by atoms with Crippen LogP contribution in [-0.2, 0) is 21.2 Å². The van der Waals surface area contributed by atoms with E-state index in [9.17, 15) is 22.4 Å². The van der Waals surface area contributed by atoms with Gasteiger partial charge in [-0.25, -0.2) is 17.6 Å². The van der Waals surface area contributed by atoms with Gasteiger partial charge in [-0.1, -0.05) is 0 Å². The molecular formula is C14H17FN2O5S. The molecule has 0 saturated carbocycles. The van der Waals surface area contributed by atoms with E-state index < -0.39 is 33.6 Å². The summed E-state index contributed by atoms with van der Waals surface area (Å²) in [5.74, 6) is -0.904. The summed E-state index contributed by atoms with van der Waals surface area (Å²) in [6, 6.07) is 2.27. The highest BCUT2D eigenvalue weighted by molar-refractivity contribution is 7.90. The molecule has 1 aromatic carbocycles. The van der Waals surface area contributed by atoms with Crippen LogP contribution in [-0.4, -0.2) is 50.4 Å². The Balaban J connectivity index is 2.13. The summed E-state index contributed by atoms with van der Waals surface area (Å²) < 4.78 is 40.8. The highest BCUT2D eigenvalue weighted by atomic mass is 32.2. The summed E-state index contributed by atoms with van der Waals surface area (Å²) in [5.41, 5.74) is 0.347. The second-order valence-electron chi connectivity index (χ2n) is 5.30. The molecule has 0 radical (unpaired) electrons. The molecule has 1 N–H and O–H groups in total. The summed E-state index contributed by atoms with van der Waals surface area (Å²) in [5, 5.41) is 2.44. The third-order valence-electron chi connectivity index (χ3n) is 3.46. The Morgan fingerprint density at radius 1 is 1.35 bits per heavy atom. The Labute approximate surface area is 133 Å². The smallest absolute Gasteiger partial charge is 0.325 e. The number of amides is 3. The molecule has 1 saturated heterocycles. The van der Waals surface area contributed by atoms with E-state index in [2.05, 4.69) is 5.32 Å². The number of methoxy groups -OCH3 is 1. The van der Waals surface area contributed by atoms with Crippen LogP contribution in [0.4, 0.5) is 9.18 Å². The monoisotopic (exact) mass is 344 g/mol. The van der Waals surface area contributed by atoms with Crippen molar-refractivity contribution in [3.63, 3.8) is 0 Å². The number of nitrogens with one attached hydrogen (secondary N) is 1. The molecule has 7 nitrogen and oxygen atoms in total. The number of sulfone groups is 1. The molecule has 1 aromatic rings. The summed E-state index contributed by atoms with van der Waals surface area (Å²) in [7, 11) is -1.84. The van der Waals surface area contributed by atoms with Crippen molar-refractivity contribution in [3.05, 3.63) is 29.6 Å². The number of benzene rings is 1. The molecule has 0 spiro atoms. The van der Waals surface area contributed by atoms with Gasteiger partial charge in [-0.05, 0) is 24.6 Å². The van der Waals surface area contributed by atoms with Gasteiger partial charge in [0.2, 0.25) is 0 Å². The van der Waals surface area contributed by atoms with Gasteiger partial charge in [0.05, 0.1) is 19.4 Å². The molecule has 1 unspecified atom stereocenters. The van der Waals surface area contributed by atoms with Gasteiger partial charge < -0.3 is 10.1 Å². The third-order valence-corrected chi connectivity index (χ3v) is 4.43. The minimum absolute atomic E-state index is 0.000191. The lowest BCUT2D eigenvalue weighted by atomic mass is 10.1. The molecule has 3 amide bonds. The quantitative estimate of drug-likeness (QED) is 0.767. The number of imide groups is 1. The maximum Gasteiger partial charge on any atom is 0.325 e. The largest absolute Gasteiger partial charge is 0.496 e. The van der Waals surface area contributed by atoms with Crippen LogP contribution in [0.1, 0.15) is 12.0 Å². The molecule has 1 aliphatic heterocycles. The zero-order chi connectivity index (χ0) is 17.2. The second-order valence-corrected chi connectivity index (χ2v) is 7.56. The van der Waals surface area contributed by atoms with E-state index in [0.717, 1.165) is 11.2 Å². The zero-order valence-electron chi connectivity index (χ0n) is 12.7. The van der Waals surface area contributed by atoms with Crippen LogP contribution in [0, 0.1) is 5.82 Å². The van der Waals surface area contributed by atoms with Crippen molar-refractivity contribution < 1.29 is 27.1 Å². The minimum Gasteiger partial charge on any atom is -0.496 e. The van der Waals surface area contributed by atoms with Crippen LogP contribution < -0.4 is 10.1 Å². The molecule has 2 rings (SSSR count). The lowest BCUT2D eigenvalue weighted by Gasteiger charge is -2.15. The van der Waals surface area contributed by atoms with E-state index in [1.165, 1.54) is 25.3 Å². The molecule has 1 atom stereocenters. The van der Waals surface area contributed by atoms with E-state index in [1.807, 2.05) is 0 Å². The Bertz CT molecular complexity index is 735. The SMILES string of the molecule is COc1ccc(F)cc1CN1C(=O)NC(CCS(C)(=O)=O)C1=O.